The molecular formula is C20H15BO. The molecule has 22 heavy (non-hydrogen) atoms. The van der Waals surface area contributed by atoms with E-state index in [-0.39, 0.29) is 0 Å². The van der Waals surface area contributed by atoms with Crippen LogP contribution in [0.25, 0.3) is 33.1 Å². The molecule has 1 nitrogen and oxygen atoms in total. The van der Waals surface area contributed by atoms with Crippen LogP contribution >= 0.6 is 0 Å². The fourth-order valence-corrected chi connectivity index (χ4v) is 3.24. The zero-order valence-corrected chi connectivity index (χ0v) is 12.7. The second kappa shape index (κ2) is 4.77. The molecule has 0 aliphatic heterocycles. The first-order chi connectivity index (χ1) is 10.7. The average Bonchev–Trinajstić information content (AvgIpc) is 2.92. The third kappa shape index (κ3) is 1.80. The summed E-state index contributed by atoms with van der Waals surface area (Å²) in [7, 11) is 6.28. The molecule has 0 fully saturated rings. The van der Waals surface area contributed by atoms with E-state index in [1.54, 1.807) is 0 Å². The van der Waals surface area contributed by atoms with Crippen LogP contribution in [0.1, 0.15) is 11.1 Å². The first kappa shape index (κ1) is 13.2. The van der Waals surface area contributed by atoms with Crippen LogP contribution in [0.15, 0.2) is 59.0 Å². The fraction of sp³-hybridized carbons (Fsp3) is 0.100. The van der Waals surface area contributed by atoms with Gasteiger partial charge in [0, 0.05) is 10.8 Å². The smallest absolute Gasteiger partial charge is 0.135 e. The summed E-state index contributed by atoms with van der Waals surface area (Å²) < 4.78 is 5.96. The lowest BCUT2D eigenvalue weighted by molar-refractivity contribution is 0.671. The molecule has 4 aromatic rings. The van der Waals surface area contributed by atoms with E-state index in [1.165, 1.54) is 22.3 Å². The molecular weight excluding hydrogens is 267 g/mol. The molecule has 1 heterocycles. The van der Waals surface area contributed by atoms with Gasteiger partial charge in [-0.25, -0.2) is 0 Å². The van der Waals surface area contributed by atoms with Crippen LogP contribution in [0.2, 0.25) is 0 Å². The van der Waals surface area contributed by atoms with Gasteiger partial charge in [-0.15, -0.1) is 0 Å². The molecule has 0 N–H and O–H groups in total. The van der Waals surface area contributed by atoms with Crippen LogP contribution in [0.3, 0.4) is 0 Å². The Labute approximate surface area is 131 Å². The standard InChI is InChI=1S/C20H15BO/c1-12-7-3-4-8-14(12)16-11-17(21)20-19(13(16)2)15-9-5-6-10-18(15)22-20/h3-11H,1-2H3. The molecule has 4 rings (SSSR count). The van der Waals surface area contributed by atoms with Gasteiger partial charge in [-0.1, -0.05) is 54.0 Å². The average molecular weight is 282 g/mol. The lowest BCUT2D eigenvalue weighted by Gasteiger charge is -2.12. The molecule has 0 aliphatic rings. The highest BCUT2D eigenvalue weighted by Gasteiger charge is 2.15. The zero-order valence-electron chi connectivity index (χ0n) is 12.7. The zero-order chi connectivity index (χ0) is 15.3. The van der Waals surface area contributed by atoms with Crippen LogP contribution in [0.5, 0.6) is 0 Å². The largest absolute Gasteiger partial charge is 0.457 e. The van der Waals surface area contributed by atoms with E-state index in [4.69, 9.17) is 12.3 Å². The number of rotatable bonds is 1. The molecule has 104 valence electrons. The molecule has 2 heteroatoms. The predicted octanol–water partition coefficient (Wildman–Crippen LogP) is 4.66. The van der Waals surface area contributed by atoms with Gasteiger partial charge in [-0.3, -0.25) is 0 Å². The van der Waals surface area contributed by atoms with E-state index in [0.717, 1.165) is 21.9 Å². The minimum atomic E-state index is 0.690. The third-order valence-electron chi connectivity index (χ3n) is 4.37. The molecule has 0 saturated heterocycles. The van der Waals surface area contributed by atoms with Crippen molar-refractivity contribution in [3.8, 4) is 11.1 Å². The summed E-state index contributed by atoms with van der Waals surface area (Å²) in [6.07, 6.45) is 0. The van der Waals surface area contributed by atoms with E-state index in [0.29, 0.717) is 5.46 Å². The topological polar surface area (TPSA) is 13.1 Å². The Bertz CT molecular complexity index is 1010. The lowest BCUT2D eigenvalue weighted by atomic mass is 9.85. The first-order valence-corrected chi connectivity index (χ1v) is 7.43. The Morgan fingerprint density at radius 2 is 1.59 bits per heavy atom. The van der Waals surface area contributed by atoms with Crippen LogP contribution in [-0.4, -0.2) is 7.85 Å². The molecule has 1 aromatic heterocycles. The highest BCUT2D eigenvalue weighted by atomic mass is 16.3. The highest BCUT2D eigenvalue weighted by Crippen LogP contribution is 2.35. The molecule has 0 bridgehead atoms. The monoisotopic (exact) mass is 282 g/mol. The Morgan fingerprint density at radius 1 is 0.864 bits per heavy atom. The number of fused-ring (bicyclic) bond motifs is 3. The molecule has 0 saturated carbocycles. The van der Waals surface area contributed by atoms with Gasteiger partial charge >= 0.3 is 0 Å². The van der Waals surface area contributed by atoms with Crippen molar-refractivity contribution < 1.29 is 4.42 Å². The maximum atomic E-state index is 6.28. The maximum absolute atomic E-state index is 6.28. The third-order valence-corrected chi connectivity index (χ3v) is 4.37. The van der Waals surface area contributed by atoms with E-state index >= 15 is 0 Å². The van der Waals surface area contributed by atoms with Gasteiger partial charge in [0.05, 0.1) is 0 Å². The van der Waals surface area contributed by atoms with Gasteiger partial charge in [-0.05, 0) is 42.2 Å². The van der Waals surface area contributed by atoms with E-state index < -0.39 is 0 Å². The maximum Gasteiger partial charge on any atom is 0.135 e. The van der Waals surface area contributed by atoms with Crippen LogP contribution in [0, 0.1) is 13.8 Å². The Kier molecular flexibility index (Phi) is 2.87. The molecule has 0 unspecified atom stereocenters. The molecule has 0 spiro atoms. The van der Waals surface area contributed by atoms with Gasteiger partial charge in [0.25, 0.3) is 0 Å². The van der Waals surface area contributed by atoms with Crippen molar-refractivity contribution in [2.75, 3.05) is 0 Å². The summed E-state index contributed by atoms with van der Waals surface area (Å²) in [6.45, 7) is 4.27. The van der Waals surface area contributed by atoms with Crippen LogP contribution in [-0.2, 0) is 0 Å². The molecule has 0 atom stereocenters. The van der Waals surface area contributed by atoms with Crippen molar-refractivity contribution in [3.05, 3.63) is 65.7 Å². The van der Waals surface area contributed by atoms with Gasteiger partial charge < -0.3 is 4.42 Å². The number of furan rings is 1. The second-order valence-corrected chi connectivity index (χ2v) is 5.76. The number of para-hydroxylation sites is 1. The molecule has 0 amide bonds. The van der Waals surface area contributed by atoms with Gasteiger partial charge in [0.1, 0.15) is 19.0 Å². The van der Waals surface area contributed by atoms with Crippen molar-refractivity contribution in [1.29, 1.82) is 0 Å². The van der Waals surface area contributed by atoms with Gasteiger partial charge in [-0.2, -0.15) is 0 Å². The Morgan fingerprint density at radius 3 is 2.41 bits per heavy atom. The Hall–Kier alpha value is -2.48. The number of aryl methyl sites for hydroxylation is 2. The summed E-state index contributed by atoms with van der Waals surface area (Å²) in [5.74, 6) is 0. The normalized spacial score (nSPS) is 11.4. The first-order valence-electron chi connectivity index (χ1n) is 7.43. The van der Waals surface area contributed by atoms with Gasteiger partial charge in [0.15, 0.2) is 0 Å². The fourth-order valence-electron chi connectivity index (χ4n) is 3.24. The summed E-state index contributed by atoms with van der Waals surface area (Å²) in [5, 5.41) is 2.24. The minimum Gasteiger partial charge on any atom is -0.457 e. The quantitative estimate of drug-likeness (QED) is 0.463. The summed E-state index contributed by atoms with van der Waals surface area (Å²) >= 11 is 0. The SMILES string of the molecule is [B]c1cc(-c2ccccc2C)c(C)c2c1oc1ccccc12. The summed E-state index contributed by atoms with van der Waals surface area (Å²) in [5.41, 5.74) is 7.22. The number of benzene rings is 3. The lowest BCUT2D eigenvalue weighted by Crippen LogP contribution is -2.05. The number of hydrogen-bond acceptors (Lipinski definition) is 1. The molecule has 3 aromatic carbocycles. The van der Waals surface area contributed by atoms with E-state index in [2.05, 4.69) is 44.2 Å². The van der Waals surface area contributed by atoms with Crippen molar-refractivity contribution in [2.24, 2.45) is 0 Å². The van der Waals surface area contributed by atoms with Crippen molar-refractivity contribution >= 4 is 35.2 Å². The van der Waals surface area contributed by atoms with Crippen molar-refractivity contribution in [2.45, 2.75) is 13.8 Å². The van der Waals surface area contributed by atoms with E-state index in [1.807, 2.05) is 24.3 Å². The van der Waals surface area contributed by atoms with Crippen LogP contribution in [0.4, 0.5) is 0 Å². The Balaban J connectivity index is 2.16. The molecule has 2 radical (unpaired) electrons. The van der Waals surface area contributed by atoms with Crippen molar-refractivity contribution in [1.82, 2.24) is 0 Å². The van der Waals surface area contributed by atoms with Crippen LogP contribution < -0.4 is 5.46 Å². The predicted molar refractivity (Wildman–Crippen MR) is 94.0 cm³/mol. The van der Waals surface area contributed by atoms with E-state index in [9.17, 15) is 0 Å². The summed E-state index contributed by atoms with van der Waals surface area (Å²) in [4.78, 5) is 0. The van der Waals surface area contributed by atoms with Gasteiger partial charge in [0.2, 0.25) is 0 Å². The minimum absolute atomic E-state index is 0.690. The second-order valence-electron chi connectivity index (χ2n) is 5.76. The van der Waals surface area contributed by atoms with Crippen molar-refractivity contribution in [3.63, 3.8) is 0 Å². The highest BCUT2D eigenvalue weighted by molar-refractivity contribution is 6.40. The molecule has 0 aliphatic carbocycles. The summed E-state index contributed by atoms with van der Waals surface area (Å²) in [6, 6.07) is 18.5. The number of hydrogen-bond donors (Lipinski definition) is 0.